The van der Waals surface area contributed by atoms with Crippen LogP contribution in [0.3, 0.4) is 0 Å². The number of benzene rings is 1. The lowest BCUT2D eigenvalue weighted by molar-refractivity contribution is -0.141. The number of carbonyl (C=O) groups is 2. The molecule has 1 aromatic heterocycles. The van der Waals surface area contributed by atoms with Crippen LogP contribution in [0.15, 0.2) is 49.7 Å². The Balaban J connectivity index is 2.64. The summed E-state index contributed by atoms with van der Waals surface area (Å²) in [7, 11) is -1.38. The molecule has 0 fully saturated rings. The van der Waals surface area contributed by atoms with E-state index < -0.39 is 50.5 Å². The number of hydrogen-bond acceptors (Lipinski definition) is 7. The van der Waals surface area contributed by atoms with Crippen LogP contribution in [-0.4, -0.2) is 54.2 Å². The molecule has 0 spiro atoms. The van der Waals surface area contributed by atoms with Crippen LogP contribution in [0.5, 0.6) is 0 Å². The summed E-state index contributed by atoms with van der Waals surface area (Å²) in [5.41, 5.74) is 5.51. The van der Waals surface area contributed by atoms with Gasteiger partial charge in [0, 0.05) is 32.1 Å². The molecule has 0 radical (unpaired) electrons. The monoisotopic (exact) mass is 653 g/mol. The summed E-state index contributed by atoms with van der Waals surface area (Å²) in [5.74, 6) is 0.398. The molecule has 2 aromatic rings. The molecule has 2 rings (SSSR count). The molecule has 2 atom stereocenters. The summed E-state index contributed by atoms with van der Waals surface area (Å²) in [4.78, 5) is 28.7. The van der Waals surface area contributed by atoms with Crippen molar-refractivity contribution in [1.82, 2.24) is 14.9 Å². The van der Waals surface area contributed by atoms with Crippen molar-refractivity contribution in [3.63, 3.8) is 0 Å². The largest absolute Gasteiger partial charge is 0.445 e. The number of rotatable bonds is 16. The minimum Gasteiger partial charge on any atom is -0.445 e. The van der Waals surface area contributed by atoms with Crippen molar-refractivity contribution in [3.05, 3.63) is 61.1 Å². The first-order valence-corrected chi connectivity index (χ1v) is 18.3. The minimum atomic E-state index is -4.59. The van der Waals surface area contributed by atoms with Crippen LogP contribution in [-0.2, 0) is 27.5 Å². The third kappa shape index (κ3) is 13.0. The molecule has 0 saturated heterocycles. The van der Waals surface area contributed by atoms with Crippen molar-refractivity contribution < 1.29 is 37.0 Å². The molecule has 0 aliphatic rings. The highest BCUT2D eigenvalue weighted by Crippen LogP contribution is 2.34. The van der Waals surface area contributed by atoms with Gasteiger partial charge in [-0.2, -0.15) is 13.2 Å². The third-order valence-electron chi connectivity index (χ3n) is 6.31. The number of aromatic nitrogens is 2. The minimum absolute atomic E-state index is 0.0887. The Labute approximate surface area is 264 Å². The highest BCUT2D eigenvalue weighted by molar-refractivity contribution is 6.76. The summed E-state index contributed by atoms with van der Waals surface area (Å²) < 4.78 is 59.9. The molecule has 0 aliphatic carbocycles. The van der Waals surface area contributed by atoms with Gasteiger partial charge in [0.1, 0.15) is 30.8 Å². The summed E-state index contributed by atoms with van der Waals surface area (Å²) in [6.07, 6.45) is -1.92. The fraction of sp³-hybridized carbons (Fsp3) is 0.516. The van der Waals surface area contributed by atoms with E-state index in [9.17, 15) is 22.8 Å². The van der Waals surface area contributed by atoms with Crippen molar-refractivity contribution in [2.45, 2.75) is 96.5 Å². The molecule has 1 aromatic carbocycles. The summed E-state index contributed by atoms with van der Waals surface area (Å²) in [6, 6.07) is 2.91. The summed E-state index contributed by atoms with van der Waals surface area (Å²) in [6.45, 7) is 19.5. The maximum atomic E-state index is 13.9. The SMILES string of the molecule is C=CCC(NC(=O)OC(C)(C)C)c1nc(-c2ccc(COC(N)=O)cc2NC(CC=C)C(F)(F)F)cn1COCC[Si](C)(C)C. The van der Waals surface area contributed by atoms with Gasteiger partial charge in [0.2, 0.25) is 0 Å². The quantitative estimate of drug-likeness (QED) is 0.0971. The fourth-order valence-electron chi connectivity index (χ4n) is 4.14. The lowest BCUT2D eigenvalue weighted by Gasteiger charge is -2.23. The van der Waals surface area contributed by atoms with Crippen LogP contribution in [0.2, 0.25) is 25.7 Å². The molecule has 0 bridgehead atoms. The molecule has 45 heavy (non-hydrogen) atoms. The maximum absolute atomic E-state index is 13.9. The zero-order valence-electron chi connectivity index (χ0n) is 26.9. The maximum Gasteiger partial charge on any atom is 0.408 e. The van der Waals surface area contributed by atoms with E-state index in [0.29, 0.717) is 29.3 Å². The second-order valence-corrected chi connectivity index (χ2v) is 18.4. The Hall–Kier alpha value is -3.78. The van der Waals surface area contributed by atoms with Gasteiger partial charge in [0.05, 0.1) is 11.7 Å². The molecular weight excluding hydrogens is 607 g/mol. The summed E-state index contributed by atoms with van der Waals surface area (Å²) in [5, 5.41) is 5.41. The van der Waals surface area contributed by atoms with Gasteiger partial charge in [-0.3, -0.25) is 0 Å². The predicted octanol–water partition coefficient (Wildman–Crippen LogP) is 7.52. The Morgan fingerprint density at radius 2 is 1.80 bits per heavy atom. The zero-order valence-corrected chi connectivity index (χ0v) is 27.9. The van der Waals surface area contributed by atoms with E-state index in [4.69, 9.17) is 24.9 Å². The first-order valence-electron chi connectivity index (χ1n) is 14.6. The molecule has 2 amide bonds. The van der Waals surface area contributed by atoms with Crippen LogP contribution < -0.4 is 16.4 Å². The smallest absolute Gasteiger partial charge is 0.408 e. The normalized spacial score (nSPS) is 13.4. The number of halogens is 3. The number of ether oxygens (including phenoxy) is 3. The van der Waals surface area contributed by atoms with E-state index in [1.807, 2.05) is 0 Å². The van der Waals surface area contributed by atoms with Crippen LogP contribution in [0.1, 0.15) is 51.0 Å². The van der Waals surface area contributed by atoms with Gasteiger partial charge in [-0.1, -0.05) is 43.9 Å². The Morgan fingerprint density at radius 3 is 2.36 bits per heavy atom. The lowest BCUT2D eigenvalue weighted by Crippen LogP contribution is -2.36. The van der Waals surface area contributed by atoms with E-state index in [1.165, 1.54) is 12.1 Å². The number of nitrogens with one attached hydrogen (secondary N) is 2. The van der Waals surface area contributed by atoms with Crippen molar-refractivity contribution in [3.8, 4) is 11.3 Å². The Kier molecular flexibility index (Phi) is 13.3. The van der Waals surface area contributed by atoms with E-state index in [-0.39, 0.29) is 25.4 Å². The average Bonchev–Trinajstić information content (AvgIpc) is 3.31. The number of alkyl carbamates (subject to hydrolysis) is 1. The van der Waals surface area contributed by atoms with E-state index in [0.717, 1.165) is 6.04 Å². The molecule has 2 unspecified atom stereocenters. The number of amides is 2. The standard InChI is InChI=1S/C31H46F3N5O5Si/c1-9-11-23(38-29(41)44-30(3,4)5)27-37-25(18-39(27)20-42-15-16-45(6,7)8)22-14-13-21(19-43-28(35)40)17-24(22)36-26(12-10-2)31(32,33)34/h9-10,13-14,17-18,23,26,36H,1-2,11-12,15-16,19-20H2,3-8H3,(H2,35,40)(H,38,41). The molecule has 250 valence electrons. The fourth-order valence-corrected chi connectivity index (χ4v) is 4.89. The highest BCUT2D eigenvalue weighted by atomic mass is 28.3. The number of primary amides is 1. The number of hydrogen-bond donors (Lipinski definition) is 3. The van der Waals surface area contributed by atoms with Crippen LogP contribution in [0.25, 0.3) is 11.3 Å². The van der Waals surface area contributed by atoms with Crippen LogP contribution >= 0.6 is 0 Å². The number of anilines is 1. The van der Waals surface area contributed by atoms with Gasteiger partial charge in [0.25, 0.3) is 0 Å². The van der Waals surface area contributed by atoms with E-state index in [2.05, 4.69) is 43.4 Å². The predicted molar refractivity (Wildman–Crippen MR) is 171 cm³/mol. The van der Waals surface area contributed by atoms with Gasteiger partial charge < -0.3 is 35.1 Å². The molecule has 1 heterocycles. The molecule has 0 saturated carbocycles. The van der Waals surface area contributed by atoms with Gasteiger partial charge in [0.15, 0.2) is 0 Å². The topological polar surface area (TPSA) is 130 Å². The molecular formula is C31H46F3N5O5Si. The first-order chi connectivity index (χ1) is 20.8. The molecule has 14 heteroatoms. The average molecular weight is 654 g/mol. The van der Waals surface area contributed by atoms with Crippen molar-refractivity contribution in [2.24, 2.45) is 5.73 Å². The number of nitrogens with two attached hydrogens (primary N) is 1. The molecule has 0 aliphatic heterocycles. The van der Waals surface area contributed by atoms with E-state index in [1.54, 1.807) is 49.7 Å². The first kappa shape index (κ1) is 37.4. The Bertz CT molecular complexity index is 1320. The van der Waals surface area contributed by atoms with E-state index >= 15 is 0 Å². The molecule has 4 N–H and O–H groups in total. The van der Waals surface area contributed by atoms with Crippen LogP contribution in [0.4, 0.5) is 28.4 Å². The zero-order chi connectivity index (χ0) is 34.0. The lowest BCUT2D eigenvalue weighted by atomic mass is 10.0. The van der Waals surface area contributed by atoms with Gasteiger partial charge in [-0.25, -0.2) is 14.6 Å². The van der Waals surface area contributed by atoms with Crippen molar-refractivity contribution in [1.29, 1.82) is 0 Å². The van der Waals surface area contributed by atoms with Crippen molar-refractivity contribution in [2.75, 3.05) is 11.9 Å². The summed E-state index contributed by atoms with van der Waals surface area (Å²) >= 11 is 0. The Morgan fingerprint density at radius 1 is 1.13 bits per heavy atom. The number of alkyl halides is 3. The third-order valence-corrected chi connectivity index (χ3v) is 8.01. The number of nitrogens with zero attached hydrogens (tertiary/aromatic N) is 2. The second kappa shape index (κ2) is 16.0. The number of carbonyl (C=O) groups excluding carboxylic acids is 2. The van der Waals surface area contributed by atoms with Gasteiger partial charge in [-0.05, 0) is 51.3 Å². The van der Waals surface area contributed by atoms with Crippen LogP contribution in [0, 0.1) is 0 Å². The van der Waals surface area contributed by atoms with Crippen molar-refractivity contribution >= 4 is 25.9 Å². The second-order valence-electron chi connectivity index (χ2n) is 12.8. The highest BCUT2D eigenvalue weighted by Gasteiger charge is 2.39. The van der Waals surface area contributed by atoms with Gasteiger partial charge >= 0.3 is 18.4 Å². The molecule has 10 nitrogen and oxygen atoms in total. The van der Waals surface area contributed by atoms with Gasteiger partial charge in [-0.15, -0.1) is 13.2 Å². The number of imidazole rings is 1.